The molecule has 1 N–H and O–H groups in total. The molecular formula is C16H14O4S. The second-order valence-corrected chi connectivity index (χ2v) is 6.65. The Labute approximate surface area is 123 Å². The molecule has 0 radical (unpaired) electrons. The third kappa shape index (κ3) is 2.22. The topological polar surface area (TPSA) is 63.6 Å². The molecule has 0 amide bonds. The van der Waals surface area contributed by atoms with Crippen LogP contribution in [0.25, 0.3) is 11.1 Å². The highest BCUT2D eigenvalue weighted by atomic mass is 32.3. The smallest absolute Gasteiger partial charge is 0.361 e. The molecule has 0 saturated heterocycles. The third-order valence-electron chi connectivity index (χ3n) is 4.17. The van der Waals surface area contributed by atoms with Gasteiger partial charge < -0.3 is 4.18 Å². The molecule has 4 rings (SSSR count). The number of fused-ring (bicyclic) bond motifs is 3. The molecule has 21 heavy (non-hydrogen) atoms. The average Bonchev–Trinajstić information content (AvgIpc) is 3.18. The van der Waals surface area contributed by atoms with Crippen LogP contribution in [0.1, 0.15) is 35.4 Å². The number of hydrogen-bond acceptors (Lipinski definition) is 3. The van der Waals surface area contributed by atoms with Gasteiger partial charge in [-0.25, -0.2) is 0 Å². The van der Waals surface area contributed by atoms with E-state index in [0.717, 1.165) is 40.7 Å². The number of benzene rings is 2. The highest BCUT2D eigenvalue weighted by Crippen LogP contribution is 2.50. The zero-order chi connectivity index (χ0) is 14.6. The van der Waals surface area contributed by atoms with E-state index in [1.807, 2.05) is 36.4 Å². The van der Waals surface area contributed by atoms with Crippen molar-refractivity contribution >= 4 is 10.4 Å². The van der Waals surface area contributed by atoms with Gasteiger partial charge in [0.15, 0.2) is 5.75 Å². The second kappa shape index (κ2) is 4.32. The Morgan fingerprint density at radius 1 is 1.05 bits per heavy atom. The monoisotopic (exact) mass is 302 g/mol. The van der Waals surface area contributed by atoms with Gasteiger partial charge in [0.25, 0.3) is 0 Å². The Morgan fingerprint density at radius 3 is 2.52 bits per heavy atom. The van der Waals surface area contributed by atoms with Crippen LogP contribution in [0, 0.1) is 0 Å². The van der Waals surface area contributed by atoms with Crippen molar-refractivity contribution in [3.05, 3.63) is 53.1 Å². The van der Waals surface area contributed by atoms with Crippen molar-refractivity contribution in [3.63, 3.8) is 0 Å². The highest BCUT2D eigenvalue weighted by molar-refractivity contribution is 7.81. The minimum atomic E-state index is -4.51. The maximum Gasteiger partial charge on any atom is 0.446 e. The molecule has 1 fully saturated rings. The molecule has 0 heterocycles. The van der Waals surface area contributed by atoms with Gasteiger partial charge in [0.2, 0.25) is 0 Å². The summed E-state index contributed by atoms with van der Waals surface area (Å²) in [6.45, 7) is 0. The molecule has 4 nitrogen and oxygen atoms in total. The summed E-state index contributed by atoms with van der Waals surface area (Å²) in [5.41, 5.74) is 5.00. The van der Waals surface area contributed by atoms with E-state index in [9.17, 15) is 8.42 Å². The molecule has 108 valence electrons. The normalized spacial score (nSPS) is 16.4. The van der Waals surface area contributed by atoms with E-state index in [4.69, 9.17) is 8.74 Å². The molecule has 2 aliphatic rings. The Morgan fingerprint density at radius 2 is 1.81 bits per heavy atom. The minimum absolute atomic E-state index is 0.328. The molecule has 2 aromatic rings. The quantitative estimate of drug-likeness (QED) is 0.754. The van der Waals surface area contributed by atoms with Crippen LogP contribution in [-0.2, 0) is 16.8 Å². The van der Waals surface area contributed by atoms with Gasteiger partial charge >= 0.3 is 10.4 Å². The Bertz CT molecular complexity index is 835. The molecule has 0 aliphatic heterocycles. The summed E-state index contributed by atoms with van der Waals surface area (Å²) in [5.74, 6) is 0.671. The molecule has 2 aliphatic carbocycles. The summed E-state index contributed by atoms with van der Waals surface area (Å²) >= 11 is 0. The summed E-state index contributed by atoms with van der Waals surface area (Å²) in [7, 11) is -4.51. The van der Waals surface area contributed by atoms with E-state index < -0.39 is 10.4 Å². The van der Waals surface area contributed by atoms with Crippen LogP contribution in [0.4, 0.5) is 0 Å². The molecule has 5 heteroatoms. The number of hydrogen-bond donors (Lipinski definition) is 1. The van der Waals surface area contributed by atoms with Crippen LogP contribution in [0.3, 0.4) is 0 Å². The summed E-state index contributed by atoms with van der Waals surface area (Å²) in [5, 5.41) is 0. The fraction of sp³-hybridized carbons (Fsp3) is 0.250. The highest BCUT2D eigenvalue weighted by Gasteiger charge is 2.33. The maximum absolute atomic E-state index is 11.2. The van der Waals surface area contributed by atoms with E-state index in [2.05, 4.69) is 0 Å². The van der Waals surface area contributed by atoms with Gasteiger partial charge in [-0.1, -0.05) is 36.4 Å². The van der Waals surface area contributed by atoms with Crippen molar-refractivity contribution in [1.29, 1.82) is 0 Å². The first kappa shape index (κ1) is 12.9. The summed E-state index contributed by atoms with van der Waals surface area (Å²) in [6, 6.07) is 11.9. The van der Waals surface area contributed by atoms with E-state index >= 15 is 0 Å². The van der Waals surface area contributed by atoms with Crippen LogP contribution in [0.15, 0.2) is 36.4 Å². The zero-order valence-corrected chi connectivity index (χ0v) is 12.1. The van der Waals surface area contributed by atoms with Gasteiger partial charge in [0, 0.05) is 12.0 Å². The fourth-order valence-corrected chi connectivity index (χ4v) is 3.53. The van der Waals surface area contributed by atoms with E-state index in [1.165, 1.54) is 0 Å². The Hall–Kier alpha value is -1.85. The second-order valence-electron chi connectivity index (χ2n) is 5.63. The molecule has 0 atom stereocenters. The number of rotatable bonds is 3. The average molecular weight is 302 g/mol. The largest absolute Gasteiger partial charge is 0.446 e. The van der Waals surface area contributed by atoms with Crippen LogP contribution in [0.5, 0.6) is 5.75 Å². The molecule has 0 spiro atoms. The first-order chi connectivity index (χ1) is 10.0. The van der Waals surface area contributed by atoms with Crippen molar-refractivity contribution in [2.45, 2.75) is 25.2 Å². The lowest BCUT2D eigenvalue weighted by atomic mass is 10.00. The maximum atomic E-state index is 11.2. The molecule has 0 aromatic heterocycles. The SMILES string of the molecule is O=S(=O)(O)Oc1c(C2CC2)ccc2c1Cc1ccccc1-2. The molecule has 1 saturated carbocycles. The zero-order valence-electron chi connectivity index (χ0n) is 11.2. The fourth-order valence-electron chi connectivity index (χ4n) is 3.12. The Kier molecular flexibility index (Phi) is 2.65. The molecule has 0 bridgehead atoms. The van der Waals surface area contributed by atoms with Gasteiger partial charge in [-0.3, -0.25) is 4.55 Å². The van der Waals surface area contributed by atoms with Crippen molar-refractivity contribution < 1.29 is 17.2 Å². The molecule has 2 aromatic carbocycles. The van der Waals surface area contributed by atoms with Crippen LogP contribution < -0.4 is 4.18 Å². The summed E-state index contributed by atoms with van der Waals surface area (Å²) < 4.78 is 36.4. The molecule has 0 unspecified atom stereocenters. The van der Waals surface area contributed by atoms with Crippen LogP contribution in [-0.4, -0.2) is 13.0 Å². The molecular weight excluding hydrogens is 288 g/mol. The predicted octanol–water partition coefficient (Wildman–Crippen LogP) is 3.32. The van der Waals surface area contributed by atoms with Gasteiger partial charge in [-0.05, 0) is 41.0 Å². The van der Waals surface area contributed by atoms with Gasteiger partial charge in [0.05, 0.1) is 0 Å². The van der Waals surface area contributed by atoms with E-state index in [-0.39, 0.29) is 0 Å². The van der Waals surface area contributed by atoms with E-state index in [1.54, 1.807) is 0 Å². The lowest BCUT2D eigenvalue weighted by Crippen LogP contribution is -2.10. The lowest BCUT2D eigenvalue weighted by Gasteiger charge is -2.13. The predicted molar refractivity (Wildman–Crippen MR) is 78.8 cm³/mol. The van der Waals surface area contributed by atoms with Gasteiger partial charge in [-0.15, -0.1) is 0 Å². The van der Waals surface area contributed by atoms with Crippen molar-refractivity contribution in [2.24, 2.45) is 0 Å². The first-order valence-corrected chi connectivity index (χ1v) is 8.30. The minimum Gasteiger partial charge on any atom is -0.361 e. The summed E-state index contributed by atoms with van der Waals surface area (Å²) in [6.07, 6.45) is 2.71. The van der Waals surface area contributed by atoms with Crippen LogP contribution in [0.2, 0.25) is 0 Å². The summed E-state index contributed by atoms with van der Waals surface area (Å²) in [4.78, 5) is 0. The Balaban J connectivity index is 1.92. The van der Waals surface area contributed by atoms with Crippen molar-refractivity contribution in [3.8, 4) is 16.9 Å². The standard InChI is InChI=1S/C16H14O4S/c17-21(18,19)20-16-13(10-5-6-10)7-8-14-12-4-2-1-3-11(12)9-15(14)16/h1-4,7-8,10H,5-6,9H2,(H,17,18,19). The van der Waals surface area contributed by atoms with Crippen molar-refractivity contribution in [1.82, 2.24) is 0 Å². The van der Waals surface area contributed by atoms with Crippen molar-refractivity contribution in [2.75, 3.05) is 0 Å². The van der Waals surface area contributed by atoms with Crippen LogP contribution >= 0.6 is 0 Å². The third-order valence-corrected chi connectivity index (χ3v) is 4.55. The van der Waals surface area contributed by atoms with E-state index in [0.29, 0.717) is 18.1 Å². The van der Waals surface area contributed by atoms with Gasteiger partial charge in [-0.2, -0.15) is 8.42 Å². The van der Waals surface area contributed by atoms with Gasteiger partial charge in [0.1, 0.15) is 0 Å². The lowest BCUT2D eigenvalue weighted by molar-refractivity contribution is 0.384. The first-order valence-electron chi connectivity index (χ1n) is 6.94.